The maximum Gasteiger partial charge on any atom is 0.214 e. The van der Waals surface area contributed by atoms with Crippen LogP contribution in [-0.2, 0) is 14.8 Å². The maximum absolute atomic E-state index is 11.6. The Hall–Kier alpha value is -0.130. The molecule has 0 bridgehead atoms. The minimum absolute atomic E-state index is 0.0711. The molecule has 0 aromatic rings. The largest absolute Gasteiger partial charge is 0.378 e. The second-order valence-electron chi connectivity index (χ2n) is 4.34. The molecule has 1 aliphatic rings. The van der Waals surface area contributed by atoms with E-state index in [9.17, 15) is 8.42 Å². The second-order valence-corrected chi connectivity index (χ2v) is 6.21. The smallest absolute Gasteiger partial charge is 0.214 e. The first-order chi connectivity index (χ1) is 6.99. The number of nitrogens with one attached hydrogen (secondary N) is 1. The van der Waals surface area contributed by atoms with Crippen molar-refractivity contribution < 1.29 is 13.2 Å². The number of ether oxygens (including phenoxy) is 1. The van der Waals surface area contributed by atoms with Gasteiger partial charge in [0.2, 0.25) is 10.0 Å². The zero-order valence-electron chi connectivity index (χ0n) is 9.53. The Morgan fingerprint density at radius 3 is 2.47 bits per heavy atom. The summed E-state index contributed by atoms with van der Waals surface area (Å²) < 4.78 is 31.1. The third-order valence-corrected chi connectivity index (χ3v) is 3.90. The van der Waals surface area contributed by atoms with Gasteiger partial charge in [-0.3, -0.25) is 0 Å². The van der Waals surface area contributed by atoms with Gasteiger partial charge < -0.3 is 4.74 Å². The minimum Gasteiger partial charge on any atom is -0.378 e. The average Bonchev–Trinajstić information content (AvgIpc) is 2.54. The fourth-order valence-corrected chi connectivity index (χ4v) is 2.93. The summed E-state index contributed by atoms with van der Waals surface area (Å²) in [5, 5.41) is 0. The Morgan fingerprint density at radius 1 is 1.33 bits per heavy atom. The van der Waals surface area contributed by atoms with E-state index in [0.29, 0.717) is 0 Å². The van der Waals surface area contributed by atoms with Gasteiger partial charge in [0.15, 0.2) is 0 Å². The second kappa shape index (κ2) is 5.82. The zero-order chi connectivity index (χ0) is 11.3. The molecule has 1 N–H and O–H groups in total. The summed E-state index contributed by atoms with van der Waals surface area (Å²) in [7, 11) is -3.14. The van der Waals surface area contributed by atoms with E-state index < -0.39 is 10.0 Å². The first-order valence-corrected chi connectivity index (χ1v) is 7.26. The molecular formula is C10H21NO3S. The molecule has 0 atom stereocenters. The Bertz CT molecular complexity index is 268. The first-order valence-electron chi connectivity index (χ1n) is 5.61. The van der Waals surface area contributed by atoms with Gasteiger partial charge in [-0.25, -0.2) is 13.1 Å². The van der Waals surface area contributed by atoms with E-state index in [2.05, 4.69) is 4.72 Å². The van der Waals surface area contributed by atoms with E-state index in [1.165, 1.54) is 0 Å². The predicted molar refractivity (Wildman–Crippen MR) is 60.3 cm³/mol. The standard InChI is InChI=1S/C10H21NO3S/c1-9(2)14-7-8-15(12,13)11-10-5-3-4-6-10/h9-11H,3-8H2,1-2H3. The molecule has 0 unspecified atom stereocenters. The fourth-order valence-electron chi connectivity index (χ4n) is 1.75. The quantitative estimate of drug-likeness (QED) is 0.754. The van der Waals surface area contributed by atoms with Crippen LogP contribution < -0.4 is 4.72 Å². The van der Waals surface area contributed by atoms with Gasteiger partial charge in [-0.05, 0) is 26.7 Å². The average molecular weight is 235 g/mol. The number of sulfonamides is 1. The van der Waals surface area contributed by atoms with E-state index in [-0.39, 0.29) is 24.5 Å². The van der Waals surface area contributed by atoms with Crippen LogP contribution >= 0.6 is 0 Å². The van der Waals surface area contributed by atoms with E-state index in [1.54, 1.807) is 0 Å². The van der Waals surface area contributed by atoms with E-state index in [0.717, 1.165) is 25.7 Å². The van der Waals surface area contributed by atoms with Crippen LogP contribution in [0.5, 0.6) is 0 Å². The summed E-state index contributed by atoms with van der Waals surface area (Å²) in [6.07, 6.45) is 4.31. The van der Waals surface area contributed by atoms with Gasteiger partial charge >= 0.3 is 0 Å². The van der Waals surface area contributed by atoms with Crippen molar-refractivity contribution in [3.05, 3.63) is 0 Å². The van der Waals surface area contributed by atoms with E-state index in [4.69, 9.17) is 4.74 Å². The molecule has 4 nitrogen and oxygen atoms in total. The summed E-state index contributed by atoms with van der Waals surface area (Å²) in [5.74, 6) is 0.0711. The van der Waals surface area contributed by atoms with E-state index in [1.807, 2.05) is 13.8 Å². The van der Waals surface area contributed by atoms with Crippen molar-refractivity contribution in [2.24, 2.45) is 0 Å². The monoisotopic (exact) mass is 235 g/mol. The Balaban J connectivity index is 2.25. The molecule has 0 aromatic carbocycles. The van der Waals surface area contributed by atoms with Gasteiger partial charge in [0.05, 0.1) is 18.5 Å². The third-order valence-electron chi connectivity index (χ3n) is 2.50. The zero-order valence-corrected chi connectivity index (χ0v) is 10.3. The molecule has 0 aromatic heterocycles. The van der Waals surface area contributed by atoms with Crippen molar-refractivity contribution in [3.8, 4) is 0 Å². The highest BCUT2D eigenvalue weighted by atomic mass is 32.2. The molecule has 1 fully saturated rings. The van der Waals surface area contributed by atoms with Crippen molar-refractivity contribution in [1.82, 2.24) is 4.72 Å². The Kier molecular flexibility index (Phi) is 5.02. The lowest BCUT2D eigenvalue weighted by molar-refractivity contribution is 0.0911. The van der Waals surface area contributed by atoms with Crippen molar-refractivity contribution >= 4 is 10.0 Å². The molecule has 0 radical (unpaired) electrons. The summed E-state index contributed by atoms with van der Waals surface area (Å²) >= 11 is 0. The molecule has 0 spiro atoms. The lowest BCUT2D eigenvalue weighted by Gasteiger charge is -2.13. The molecule has 1 rings (SSSR count). The van der Waals surface area contributed by atoms with Gasteiger partial charge in [-0.2, -0.15) is 0 Å². The summed E-state index contributed by atoms with van der Waals surface area (Å²) in [5.41, 5.74) is 0. The van der Waals surface area contributed by atoms with Crippen LogP contribution in [-0.4, -0.2) is 32.9 Å². The minimum atomic E-state index is -3.14. The van der Waals surface area contributed by atoms with Crippen molar-refractivity contribution in [1.29, 1.82) is 0 Å². The molecule has 15 heavy (non-hydrogen) atoms. The van der Waals surface area contributed by atoms with Crippen LogP contribution in [0, 0.1) is 0 Å². The maximum atomic E-state index is 11.6. The third kappa shape index (κ3) is 5.49. The molecule has 5 heteroatoms. The topological polar surface area (TPSA) is 55.4 Å². The van der Waals surface area contributed by atoms with Crippen LogP contribution in [0.1, 0.15) is 39.5 Å². The van der Waals surface area contributed by atoms with Crippen molar-refractivity contribution in [3.63, 3.8) is 0 Å². The number of hydrogen-bond acceptors (Lipinski definition) is 3. The Labute approximate surface area is 92.4 Å². The van der Waals surface area contributed by atoms with Crippen LogP contribution in [0.15, 0.2) is 0 Å². The van der Waals surface area contributed by atoms with Gasteiger partial charge in [0, 0.05) is 6.04 Å². The molecule has 1 saturated carbocycles. The summed E-state index contributed by atoms with van der Waals surface area (Å²) in [6.45, 7) is 4.08. The highest BCUT2D eigenvalue weighted by Gasteiger charge is 2.20. The van der Waals surface area contributed by atoms with Gasteiger partial charge in [0.1, 0.15) is 0 Å². The first kappa shape index (κ1) is 12.9. The fraction of sp³-hybridized carbons (Fsp3) is 1.00. The van der Waals surface area contributed by atoms with Gasteiger partial charge in [-0.15, -0.1) is 0 Å². The van der Waals surface area contributed by atoms with E-state index >= 15 is 0 Å². The normalized spacial score (nSPS) is 18.9. The molecule has 0 aliphatic heterocycles. The van der Waals surface area contributed by atoms with Crippen LogP contribution in [0.3, 0.4) is 0 Å². The van der Waals surface area contributed by atoms with Crippen LogP contribution in [0.25, 0.3) is 0 Å². The van der Waals surface area contributed by atoms with Gasteiger partial charge in [0.25, 0.3) is 0 Å². The number of hydrogen-bond donors (Lipinski definition) is 1. The SMILES string of the molecule is CC(C)OCCS(=O)(=O)NC1CCCC1. The molecular weight excluding hydrogens is 214 g/mol. The predicted octanol–water partition coefficient (Wildman–Crippen LogP) is 1.27. The molecule has 0 saturated heterocycles. The number of rotatable bonds is 6. The van der Waals surface area contributed by atoms with Crippen molar-refractivity contribution in [2.45, 2.75) is 51.7 Å². The molecule has 0 amide bonds. The van der Waals surface area contributed by atoms with Crippen molar-refractivity contribution in [2.75, 3.05) is 12.4 Å². The lowest BCUT2D eigenvalue weighted by Crippen LogP contribution is -2.35. The molecule has 1 aliphatic carbocycles. The molecule has 90 valence electrons. The summed E-state index contributed by atoms with van der Waals surface area (Å²) in [6, 6.07) is 0.161. The highest BCUT2D eigenvalue weighted by molar-refractivity contribution is 7.89. The summed E-state index contributed by atoms with van der Waals surface area (Å²) in [4.78, 5) is 0. The Morgan fingerprint density at radius 2 is 1.93 bits per heavy atom. The molecule has 0 heterocycles. The van der Waals surface area contributed by atoms with Gasteiger partial charge in [-0.1, -0.05) is 12.8 Å². The van der Waals surface area contributed by atoms with Crippen LogP contribution in [0.2, 0.25) is 0 Å². The highest BCUT2D eigenvalue weighted by Crippen LogP contribution is 2.18. The van der Waals surface area contributed by atoms with Crippen LogP contribution in [0.4, 0.5) is 0 Å². The lowest BCUT2D eigenvalue weighted by atomic mass is 10.3.